The van der Waals surface area contributed by atoms with E-state index >= 15 is 0 Å². The van der Waals surface area contributed by atoms with Crippen LogP contribution in [0.3, 0.4) is 0 Å². The molecule has 0 heterocycles. The fourth-order valence-electron chi connectivity index (χ4n) is 11.7. The summed E-state index contributed by atoms with van der Waals surface area (Å²) in [7, 11) is -9.91. The van der Waals surface area contributed by atoms with Crippen LogP contribution in [0.15, 0.2) is 0 Å². The van der Waals surface area contributed by atoms with Crippen LogP contribution < -0.4 is 0 Å². The summed E-state index contributed by atoms with van der Waals surface area (Å²) >= 11 is 0. The maximum absolute atomic E-state index is 13.1. The highest BCUT2D eigenvalue weighted by atomic mass is 31.2. The first-order valence-corrected chi connectivity index (χ1v) is 42.6. The van der Waals surface area contributed by atoms with E-state index in [-0.39, 0.29) is 25.7 Å². The fraction of sp³-hybridized carbons (Fsp3) is 0.947. The Balaban J connectivity index is 5.26. The molecule has 19 heteroatoms. The van der Waals surface area contributed by atoms with E-state index in [1.54, 1.807) is 0 Å². The Labute approximate surface area is 581 Å². The molecule has 95 heavy (non-hydrogen) atoms. The molecule has 0 aliphatic heterocycles. The summed E-state index contributed by atoms with van der Waals surface area (Å²) in [5, 5.41) is 10.6. The quantitative estimate of drug-likeness (QED) is 0.0222. The van der Waals surface area contributed by atoms with Crippen LogP contribution in [0.5, 0.6) is 0 Å². The lowest BCUT2D eigenvalue weighted by Gasteiger charge is -2.21. The Bertz CT molecular complexity index is 1820. The molecular formula is C76H148O17P2. The van der Waals surface area contributed by atoms with Gasteiger partial charge in [0.25, 0.3) is 0 Å². The van der Waals surface area contributed by atoms with Crippen molar-refractivity contribution in [2.45, 2.75) is 419 Å². The van der Waals surface area contributed by atoms with Crippen molar-refractivity contribution in [2.24, 2.45) is 5.92 Å². The number of esters is 4. The highest BCUT2D eigenvalue weighted by Crippen LogP contribution is 2.45. The van der Waals surface area contributed by atoms with E-state index in [0.717, 1.165) is 95.8 Å². The van der Waals surface area contributed by atoms with Crippen LogP contribution in [0.4, 0.5) is 0 Å². The molecule has 2 unspecified atom stereocenters. The second kappa shape index (κ2) is 69.2. The molecule has 0 rings (SSSR count). The maximum atomic E-state index is 13.1. The molecular weight excluding hydrogens is 1250 g/mol. The fourth-order valence-corrected chi connectivity index (χ4v) is 13.3. The van der Waals surface area contributed by atoms with E-state index in [2.05, 4.69) is 34.6 Å². The zero-order chi connectivity index (χ0) is 69.8. The molecule has 0 radical (unpaired) electrons. The largest absolute Gasteiger partial charge is 0.472 e. The van der Waals surface area contributed by atoms with Gasteiger partial charge >= 0.3 is 39.5 Å². The number of aliphatic hydroxyl groups excluding tert-OH is 1. The molecule has 3 N–H and O–H groups in total. The molecule has 0 aliphatic carbocycles. The Hall–Kier alpha value is -1.94. The molecule has 0 bridgehead atoms. The highest BCUT2D eigenvalue weighted by Gasteiger charge is 2.30. The maximum Gasteiger partial charge on any atom is 0.472 e. The summed E-state index contributed by atoms with van der Waals surface area (Å²) in [5.74, 6) is -1.34. The molecule has 17 nitrogen and oxygen atoms in total. The van der Waals surface area contributed by atoms with E-state index in [1.807, 2.05) is 0 Å². The van der Waals surface area contributed by atoms with Gasteiger partial charge in [-0.05, 0) is 31.6 Å². The SMILES string of the molecule is CCCCCCCCCCCCCCCCCCC(=O)O[C@H](COC(=O)CCCCCCCCCCCCCC(C)C)COP(=O)(O)OC[C@@H](O)COP(=O)(O)OC[C@@H](COC(=O)CCCCCCCCCCCCC)OC(=O)CCCCCCCCCCCCCCCC. The second-order valence-corrected chi connectivity index (χ2v) is 30.8. The van der Waals surface area contributed by atoms with Gasteiger partial charge in [0.1, 0.15) is 19.3 Å². The summed E-state index contributed by atoms with van der Waals surface area (Å²) in [6.45, 7) is 7.31. The first kappa shape index (κ1) is 93.1. The van der Waals surface area contributed by atoms with Gasteiger partial charge < -0.3 is 33.8 Å². The van der Waals surface area contributed by atoms with E-state index < -0.39 is 97.5 Å². The highest BCUT2D eigenvalue weighted by molar-refractivity contribution is 7.47. The second-order valence-electron chi connectivity index (χ2n) is 27.9. The topological polar surface area (TPSA) is 237 Å². The monoisotopic (exact) mass is 1400 g/mol. The average Bonchev–Trinajstić information content (AvgIpc) is 1.67. The number of hydrogen-bond acceptors (Lipinski definition) is 15. The Morgan fingerprint density at radius 1 is 0.284 bits per heavy atom. The van der Waals surface area contributed by atoms with Crippen molar-refractivity contribution in [1.29, 1.82) is 0 Å². The summed E-state index contributed by atoms with van der Waals surface area (Å²) < 4.78 is 68.6. The number of phosphoric ester groups is 2. The predicted octanol–water partition coefficient (Wildman–Crippen LogP) is 22.5. The normalized spacial score (nSPS) is 13.9. The summed E-state index contributed by atoms with van der Waals surface area (Å²) in [4.78, 5) is 72.8. The molecule has 0 aromatic rings. The smallest absolute Gasteiger partial charge is 0.462 e. The Morgan fingerprint density at radius 2 is 0.484 bits per heavy atom. The van der Waals surface area contributed by atoms with Crippen LogP contribution >= 0.6 is 15.6 Å². The van der Waals surface area contributed by atoms with Gasteiger partial charge in [0.05, 0.1) is 26.4 Å². The zero-order valence-electron chi connectivity index (χ0n) is 61.8. The van der Waals surface area contributed by atoms with E-state index in [4.69, 9.17) is 37.0 Å². The van der Waals surface area contributed by atoms with Crippen LogP contribution in [-0.4, -0.2) is 96.7 Å². The van der Waals surface area contributed by atoms with Crippen molar-refractivity contribution in [2.75, 3.05) is 39.6 Å². The average molecular weight is 1400 g/mol. The minimum atomic E-state index is -4.96. The van der Waals surface area contributed by atoms with Gasteiger partial charge in [0.15, 0.2) is 12.2 Å². The molecule has 564 valence electrons. The van der Waals surface area contributed by atoms with Gasteiger partial charge in [-0.3, -0.25) is 37.3 Å². The molecule has 0 saturated carbocycles. The van der Waals surface area contributed by atoms with Crippen LogP contribution in [0, 0.1) is 5.92 Å². The third-order valence-corrected chi connectivity index (χ3v) is 19.7. The third kappa shape index (κ3) is 70.3. The van der Waals surface area contributed by atoms with E-state index in [1.165, 1.54) is 225 Å². The van der Waals surface area contributed by atoms with Crippen molar-refractivity contribution < 1.29 is 80.2 Å². The molecule has 0 aromatic carbocycles. The number of rotatable bonds is 76. The van der Waals surface area contributed by atoms with Gasteiger partial charge in [0.2, 0.25) is 0 Å². The van der Waals surface area contributed by atoms with Gasteiger partial charge in [0, 0.05) is 25.7 Å². The first-order chi connectivity index (χ1) is 46.0. The molecule has 0 spiro atoms. The van der Waals surface area contributed by atoms with Crippen molar-refractivity contribution in [3.8, 4) is 0 Å². The molecule has 0 fully saturated rings. The Morgan fingerprint density at radius 3 is 0.716 bits per heavy atom. The lowest BCUT2D eigenvalue weighted by Crippen LogP contribution is -2.30. The summed E-state index contributed by atoms with van der Waals surface area (Å²) in [6.07, 6.45) is 58.0. The predicted molar refractivity (Wildman–Crippen MR) is 386 cm³/mol. The summed E-state index contributed by atoms with van der Waals surface area (Å²) in [6, 6.07) is 0. The molecule has 0 aliphatic rings. The van der Waals surface area contributed by atoms with Crippen molar-refractivity contribution >= 4 is 39.5 Å². The molecule has 0 aromatic heterocycles. The number of carbonyl (C=O) groups is 4. The number of phosphoric acid groups is 2. The van der Waals surface area contributed by atoms with Crippen LogP contribution in [0.2, 0.25) is 0 Å². The number of unbranched alkanes of at least 4 members (excludes halogenated alkanes) is 48. The van der Waals surface area contributed by atoms with Crippen LogP contribution in [0.1, 0.15) is 401 Å². The van der Waals surface area contributed by atoms with Crippen molar-refractivity contribution in [3.63, 3.8) is 0 Å². The third-order valence-electron chi connectivity index (χ3n) is 17.8. The number of hydrogen-bond donors (Lipinski definition) is 3. The summed E-state index contributed by atoms with van der Waals surface area (Å²) in [5.41, 5.74) is 0. The molecule has 5 atom stereocenters. The van der Waals surface area contributed by atoms with Crippen molar-refractivity contribution in [3.05, 3.63) is 0 Å². The van der Waals surface area contributed by atoms with Crippen molar-refractivity contribution in [1.82, 2.24) is 0 Å². The van der Waals surface area contributed by atoms with Gasteiger partial charge in [-0.25, -0.2) is 9.13 Å². The number of carbonyl (C=O) groups excluding carboxylic acids is 4. The molecule has 0 amide bonds. The Kier molecular flexibility index (Phi) is 67.7. The lowest BCUT2D eigenvalue weighted by molar-refractivity contribution is -0.161. The first-order valence-electron chi connectivity index (χ1n) is 39.6. The lowest BCUT2D eigenvalue weighted by atomic mass is 10.0. The van der Waals surface area contributed by atoms with Crippen LogP contribution in [0.25, 0.3) is 0 Å². The van der Waals surface area contributed by atoms with E-state index in [0.29, 0.717) is 25.7 Å². The standard InChI is InChI=1S/C76H148O17P2/c1-6-9-12-15-18-21-24-26-28-29-31-36-42-47-52-57-62-76(81)93-72(66-87-74(79)60-55-50-45-40-37-32-34-38-43-48-53-58-69(4)5)68-91-95(84,85)89-64-70(77)63-88-94(82,83)90-67-71(65-86-73(78)59-54-49-44-39-33-23-20-17-14-11-8-3)92-75(80)61-56-51-46-41-35-30-27-25-22-19-16-13-10-7-2/h69-72,77H,6-68H2,1-5H3,(H,82,83)(H,84,85)/t70-,71+,72+/m0/s1. The van der Waals surface area contributed by atoms with E-state index in [9.17, 15) is 43.2 Å². The van der Waals surface area contributed by atoms with Gasteiger partial charge in [-0.1, -0.05) is 349 Å². The number of ether oxygens (including phenoxy) is 4. The van der Waals surface area contributed by atoms with Crippen LogP contribution in [-0.2, 0) is 65.4 Å². The zero-order valence-corrected chi connectivity index (χ0v) is 63.6. The minimum Gasteiger partial charge on any atom is -0.462 e. The number of aliphatic hydroxyl groups is 1. The van der Waals surface area contributed by atoms with Gasteiger partial charge in [-0.2, -0.15) is 0 Å². The van der Waals surface area contributed by atoms with Gasteiger partial charge in [-0.15, -0.1) is 0 Å². The molecule has 0 saturated heterocycles. The minimum absolute atomic E-state index is 0.108.